The zero-order valence-corrected chi connectivity index (χ0v) is 10.7. The van der Waals surface area contributed by atoms with E-state index in [-0.39, 0.29) is 25.4 Å². The van der Waals surface area contributed by atoms with E-state index in [1.165, 1.54) is 11.3 Å². The number of aryl methyl sites for hydroxylation is 1. The minimum Gasteiger partial charge on any atom is -0.481 e. The van der Waals surface area contributed by atoms with Crippen LogP contribution in [0.15, 0.2) is 12.1 Å². The van der Waals surface area contributed by atoms with Crippen LogP contribution in [-0.2, 0) is 9.59 Å². The van der Waals surface area contributed by atoms with Gasteiger partial charge < -0.3 is 15.7 Å². The number of amides is 2. The number of thiophene rings is 1. The quantitative estimate of drug-likeness (QED) is 0.696. The van der Waals surface area contributed by atoms with Crippen LogP contribution in [0.25, 0.3) is 0 Å². The summed E-state index contributed by atoms with van der Waals surface area (Å²) in [6.07, 6.45) is -0.135. The Morgan fingerprint density at radius 1 is 1.28 bits per heavy atom. The van der Waals surface area contributed by atoms with Gasteiger partial charge in [0.25, 0.3) is 5.91 Å². The Morgan fingerprint density at radius 2 is 2.00 bits per heavy atom. The molecule has 0 aliphatic heterocycles. The molecule has 1 heterocycles. The van der Waals surface area contributed by atoms with E-state index in [1.54, 1.807) is 6.07 Å². The second-order valence-electron chi connectivity index (χ2n) is 3.59. The third kappa shape index (κ3) is 4.96. The molecule has 1 aromatic heterocycles. The van der Waals surface area contributed by atoms with Crippen LogP contribution in [-0.4, -0.2) is 36.0 Å². The maximum Gasteiger partial charge on any atom is 0.305 e. The molecule has 0 spiro atoms. The van der Waals surface area contributed by atoms with Gasteiger partial charge in [-0.25, -0.2) is 0 Å². The van der Waals surface area contributed by atoms with E-state index in [0.717, 1.165) is 4.88 Å². The fourth-order valence-electron chi connectivity index (χ4n) is 1.18. The van der Waals surface area contributed by atoms with E-state index in [1.807, 2.05) is 13.0 Å². The first-order chi connectivity index (χ1) is 8.49. The Balaban J connectivity index is 2.26. The minimum atomic E-state index is -0.978. The van der Waals surface area contributed by atoms with Crippen LogP contribution in [0.3, 0.4) is 0 Å². The molecule has 1 rings (SSSR count). The third-order valence-electron chi connectivity index (χ3n) is 2.03. The predicted octanol–water partition coefficient (Wildman–Crippen LogP) is 0.377. The summed E-state index contributed by atoms with van der Waals surface area (Å²) in [5, 5.41) is 13.2. The van der Waals surface area contributed by atoms with Crippen molar-refractivity contribution in [3.8, 4) is 0 Å². The minimum absolute atomic E-state index is 0.0577. The average Bonchev–Trinajstić information content (AvgIpc) is 2.72. The lowest BCUT2D eigenvalue weighted by Gasteiger charge is -2.04. The fourth-order valence-corrected chi connectivity index (χ4v) is 1.96. The summed E-state index contributed by atoms with van der Waals surface area (Å²) in [6.45, 7) is 1.79. The molecule has 0 saturated heterocycles. The van der Waals surface area contributed by atoms with Crippen LogP contribution in [0.1, 0.15) is 21.0 Å². The first-order valence-electron chi connectivity index (χ1n) is 5.32. The highest BCUT2D eigenvalue weighted by molar-refractivity contribution is 7.13. The maximum atomic E-state index is 11.6. The number of rotatable bonds is 6. The zero-order valence-electron chi connectivity index (χ0n) is 9.86. The molecular formula is C11H14N2O4S. The van der Waals surface area contributed by atoms with Gasteiger partial charge in [0, 0.05) is 11.4 Å². The second-order valence-corrected chi connectivity index (χ2v) is 4.87. The van der Waals surface area contributed by atoms with Crippen LogP contribution < -0.4 is 10.6 Å². The fraction of sp³-hybridized carbons (Fsp3) is 0.364. The average molecular weight is 270 g/mol. The maximum absolute atomic E-state index is 11.6. The Labute approximate surface area is 108 Å². The van der Waals surface area contributed by atoms with Gasteiger partial charge in [-0.2, -0.15) is 0 Å². The normalized spacial score (nSPS) is 9.83. The number of hydrogen-bond donors (Lipinski definition) is 3. The van der Waals surface area contributed by atoms with Crippen molar-refractivity contribution in [3.63, 3.8) is 0 Å². The highest BCUT2D eigenvalue weighted by Gasteiger charge is 2.09. The number of carbonyl (C=O) groups is 3. The number of aliphatic carboxylic acids is 1. The van der Waals surface area contributed by atoms with Gasteiger partial charge >= 0.3 is 5.97 Å². The smallest absolute Gasteiger partial charge is 0.305 e. The largest absolute Gasteiger partial charge is 0.481 e. The Bertz CT molecular complexity index is 456. The van der Waals surface area contributed by atoms with Crippen molar-refractivity contribution in [2.75, 3.05) is 13.1 Å². The zero-order chi connectivity index (χ0) is 13.5. The van der Waals surface area contributed by atoms with E-state index in [4.69, 9.17) is 5.11 Å². The summed E-state index contributed by atoms with van der Waals surface area (Å²) in [6, 6.07) is 3.52. The van der Waals surface area contributed by atoms with E-state index in [9.17, 15) is 14.4 Å². The standard InChI is InChI=1S/C11H14N2O4S/c1-7-2-3-8(18-7)11(17)13-6-9(14)12-5-4-10(15)16/h2-3H,4-6H2,1H3,(H,12,14)(H,13,17)(H,15,16). The van der Waals surface area contributed by atoms with Crippen LogP contribution in [0.5, 0.6) is 0 Å². The molecular weight excluding hydrogens is 256 g/mol. The van der Waals surface area contributed by atoms with E-state index in [0.29, 0.717) is 4.88 Å². The first-order valence-corrected chi connectivity index (χ1v) is 6.14. The molecule has 2 amide bonds. The Hall–Kier alpha value is -1.89. The predicted molar refractivity (Wildman–Crippen MR) is 66.7 cm³/mol. The molecule has 0 radical (unpaired) electrons. The van der Waals surface area contributed by atoms with Gasteiger partial charge in [0.1, 0.15) is 0 Å². The van der Waals surface area contributed by atoms with Gasteiger partial charge in [-0.1, -0.05) is 0 Å². The molecule has 0 aliphatic rings. The van der Waals surface area contributed by atoms with Crippen molar-refractivity contribution in [3.05, 3.63) is 21.9 Å². The molecule has 18 heavy (non-hydrogen) atoms. The number of carboxylic acids is 1. The Morgan fingerprint density at radius 3 is 2.56 bits per heavy atom. The monoisotopic (exact) mass is 270 g/mol. The highest BCUT2D eigenvalue weighted by Crippen LogP contribution is 2.14. The SMILES string of the molecule is Cc1ccc(C(=O)NCC(=O)NCCC(=O)O)s1. The molecule has 0 aromatic carbocycles. The lowest BCUT2D eigenvalue weighted by Crippen LogP contribution is -2.37. The summed E-state index contributed by atoms with van der Waals surface area (Å²) < 4.78 is 0. The van der Waals surface area contributed by atoms with Gasteiger partial charge in [-0.3, -0.25) is 14.4 Å². The molecule has 3 N–H and O–H groups in total. The van der Waals surface area contributed by atoms with E-state index < -0.39 is 11.9 Å². The first kappa shape index (κ1) is 14.2. The van der Waals surface area contributed by atoms with E-state index in [2.05, 4.69) is 10.6 Å². The van der Waals surface area contributed by atoms with Gasteiger partial charge in [-0.15, -0.1) is 11.3 Å². The molecule has 1 aromatic rings. The van der Waals surface area contributed by atoms with Crippen molar-refractivity contribution in [2.45, 2.75) is 13.3 Å². The van der Waals surface area contributed by atoms with E-state index >= 15 is 0 Å². The number of nitrogens with one attached hydrogen (secondary N) is 2. The van der Waals surface area contributed by atoms with Gasteiger partial charge in [0.2, 0.25) is 5.91 Å². The molecule has 7 heteroatoms. The topological polar surface area (TPSA) is 95.5 Å². The molecule has 0 atom stereocenters. The van der Waals surface area contributed by atoms with Crippen LogP contribution >= 0.6 is 11.3 Å². The van der Waals surface area contributed by atoms with Crippen molar-refractivity contribution in [2.24, 2.45) is 0 Å². The molecule has 6 nitrogen and oxygen atoms in total. The highest BCUT2D eigenvalue weighted by atomic mass is 32.1. The summed E-state index contributed by atoms with van der Waals surface area (Å²) in [5.74, 6) is -1.69. The molecule has 0 unspecified atom stereocenters. The van der Waals surface area contributed by atoms with Gasteiger partial charge in [-0.05, 0) is 19.1 Å². The molecule has 98 valence electrons. The molecule has 0 saturated carbocycles. The van der Waals surface area contributed by atoms with Gasteiger partial charge in [0.05, 0.1) is 17.8 Å². The van der Waals surface area contributed by atoms with Crippen molar-refractivity contribution < 1.29 is 19.5 Å². The number of carbonyl (C=O) groups excluding carboxylic acids is 2. The lowest BCUT2D eigenvalue weighted by atomic mass is 10.4. The summed E-state index contributed by atoms with van der Waals surface area (Å²) in [7, 11) is 0. The molecule has 0 fully saturated rings. The van der Waals surface area contributed by atoms with Crippen molar-refractivity contribution >= 4 is 29.1 Å². The number of hydrogen-bond acceptors (Lipinski definition) is 4. The van der Waals surface area contributed by atoms with Crippen molar-refractivity contribution in [1.29, 1.82) is 0 Å². The lowest BCUT2D eigenvalue weighted by molar-refractivity contribution is -0.136. The van der Waals surface area contributed by atoms with Crippen LogP contribution in [0.2, 0.25) is 0 Å². The van der Waals surface area contributed by atoms with Gasteiger partial charge in [0.15, 0.2) is 0 Å². The molecule has 0 bridgehead atoms. The van der Waals surface area contributed by atoms with Crippen LogP contribution in [0, 0.1) is 6.92 Å². The summed E-state index contributed by atoms with van der Waals surface area (Å²) in [4.78, 5) is 34.6. The third-order valence-corrected chi connectivity index (χ3v) is 3.03. The second kappa shape index (κ2) is 6.75. The molecule has 0 aliphatic carbocycles. The van der Waals surface area contributed by atoms with Crippen molar-refractivity contribution in [1.82, 2.24) is 10.6 Å². The summed E-state index contributed by atoms with van der Waals surface area (Å²) in [5.41, 5.74) is 0. The summed E-state index contributed by atoms with van der Waals surface area (Å²) >= 11 is 1.35. The van der Waals surface area contributed by atoms with Crippen LogP contribution in [0.4, 0.5) is 0 Å². The number of carboxylic acid groups (broad SMARTS) is 1. The Kier molecular flexibility index (Phi) is 5.31.